The second kappa shape index (κ2) is 6.03. The average Bonchev–Trinajstić information content (AvgIpc) is 2.88. The Labute approximate surface area is 149 Å². The van der Waals surface area contributed by atoms with Gasteiger partial charge in [-0.2, -0.15) is 0 Å². The minimum atomic E-state index is -0.551. The summed E-state index contributed by atoms with van der Waals surface area (Å²) in [5.41, 5.74) is -0.303. The van der Waals surface area contributed by atoms with Gasteiger partial charge in [0.1, 0.15) is 0 Å². The van der Waals surface area contributed by atoms with Crippen molar-refractivity contribution in [3.8, 4) is 0 Å². The Kier molecular flexibility index (Phi) is 4.18. The molecule has 3 aromatic rings. The van der Waals surface area contributed by atoms with Crippen LogP contribution in [-0.4, -0.2) is 24.5 Å². The van der Waals surface area contributed by atoms with Crippen molar-refractivity contribution in [1.29, 1.82) is 0 Å². The second-order valence-electron chi connectivity index (χ2n) is 5.28. The molecule has 0 atom stereocenters. The highest BCUT2D eigenvalue weighted by molar-refractivity contribution is 9.10. The first kappa shape index (κ1) is 16.7. The van der Waals surface area contributed by atoms with Gasteiger partial charge in [-0.25, -0.2) is 9.78 Å². The van der Waals surface area contributed by atoms with Gasteiger partial charge < -0.3 is 0 Å². The summed E-state index contributed by atoms with van der Waals surface area (Å²) >= 11 is 9.41. The highest BCUT2D eigenvalue weighted by Crippen LogP contribution is 2.18. The second-order valence-corrected chi connectivity index (χ2v) is 6.53. The first-order valence-corrected chi connectivity index (χ1v) is 8.09. The number of imidazole rings is 1. The summed E-state index contributed by atoms with van der Waals surface area (Å²) in [6, 6.07) is 6.87. The zero-order chi connectivity index (χ0) is 17.6. The highest BCUT2D eigenvalue weighted by atomic mass is 79.9. The van der Waals surface area contributed by atoms with E-state index in [4.69, 9.17) is 11.6 Å². The van der Waals surface area contributed by atoms with Gasteiger partial charge in [0, 0.05) is 24.1 Å². The van der Waals surface area contributed by atoms with Crippen molar-refractivity contribution < 1.29 is 4.79 Å². The molecule has 0 unspecified atom stereocenters. The maximum Gasteiger partial charge on any atom is 0.332 e. The van der Waals surface area contributed by atoms with Crippen molar-refractivity contribution in [2.24, 2.45) is 14.1 Å². The lowest BCUT2D eigenvalue weighted by Crippen LogP contribution is -2.37. The van der Waals surface area contributed by atoms with Gasteiger partial charge in [0.15, 0.2) is 16.9 Å². The van der Waals surface area contributed by atoms with Gasteiger partial charge in [-0.3, -0.25) is 23.3 Å². The van der Waals surface area contributed by atoms with E-state index in [1.807, 2.05) is 0 Å². The van der Waals surface area contributed by atoms with Crippen LogP contribution in [0.5, 0.6) is 0 Å². The predicted molar refractivity (Wildman–Crippen MR) is 93.7 cm³/mol. The molecule has 0 saturated carbocycles. The van der Waals surface area contributed by atoms with Crippen LogP contribution in [0.2, 0.25) is 5.28 Å². The lowest BCUT2D eigenvalue weighted by molar-refractivity contribution is 0.0973. The standard InChI is InChI=1S/C15H12BrClN4O3/c1-19-12-11(13(23)20(2)15(19)24)18-14(17)21(12)7-10(22)8-3-5-9(16)6-4-8/h3-6H,7H2,1-2H3. The van der Waals surface area contributed by atoms with Gasteiger partial charge in [-0.15, -0.1) is 0 Å². The lowest BCUT2D eigenvalue weighted by Gasteiger charge is -2.09. The van der Waals surface area contributed by atoms with Crippen LogP contribution in [0, 0.1) is 0 Å². The minimum Gasteiger partial charge on any atom is -0.293 e. The molecule has 24 heavy (non-hydrogen) atoms. The topological polar surface area (TPSA) is 78.9 Å². The predicted octanol–water partition coefficient (Wildman–Crippen LogP) is 1.73. The summed E-state index contributed by atoms with van der Waals surface area (Å²) in [6.45, 7) is -0.128. The molecule has 2 heterocycles. The molecule has 0 aliphatic rings. The molecule has 0 aliphatic carbocycles. The summed E-state index contributed by atoms with van der Waals surface area (Å²) in [4.78, 5) is 40.8. The van der Waals surface area contributed by atoms with Crippen LogP contribution in [0.25, 0.3) is 11.2 Å². The van der Waals surface area contributed by atoms with Crippen molar-refractivity contribution in [2.45, 2.75) is 6.54 Å². The molecular formula is C15H12BrClN4O3. The molecule has 0 N–H and O–H groups in total. The summed E-state index contributed by atoms with van der Waals surface area (Å²) in [5, 5.41) is -0.0197. The molecular weight excluding hydrogens is 400 g/mol. The molecule has 1 aromatic carbocycles. The summed E-state index contributed by atoms with van der Waals surface area (Å²) < 4.78 is 4.43. The molecule has 0 radical (unpaired) electrons. The highest BCUT2D eigenvalue weighted by Gasteiger charge is 2.20. The number of rotatable bonds is 3. The molecule has 0 aliphatic heterocycles. The lowest BCUT2D eigenvalue weighted by atomic mass is 10.1. The van der Waals surface area contributed by atoms with E-state index >= 15 is 0 Å². The average molecular weight is 412 g/mol. The number of aryl methyl sites for hydroxylation is 1. The van der Waals surface area contributed by atoms with Crippen LogP contribution >= 0.6 is 27.5 Å². The molecule has 0 fully saturated rings. The van der Waals surface area contributed by atoms with Crippen LogP contribution in [0.3, 0.4) is 0 Å². The summed E-state index contributed by atoms with van der Waals surface area (Å²) in [7, 11) is 2.87. The van der Waals surface area contributed by atoms with Crippen LogP contribution in [0.4, 0.5) is 0 Å². The third-order valence-corrected chi connectivity index (χ3v) is 4.58. The summed E-state index contributed by atoms with van der Waals surface area (Å²) in [6.07, 6.45) is 0. The van der Waals surface area contributed by atoms with Gasteiger partial charge in [0.05, 0.1) is 6.54 Å². The van der Waals surface area contributed by atoms with E-state index in [1.54, 1.807) is 24.3 Å². The first-order chi connectivity index (χ1) is 11.3. The Morgan fingerprint density at radius 2 is 1.79 bits per heavy atom. The number of hydrogen-bond acceptors (Lipinski definition) is 4. The molecule has 9 heteroatoms. The van der Waals surface area contributed by atoms with E-state index < -0.39 is 11.2 Å². The molecule has 7 nitrogen and oxygen atoms in total. The van der Waals surface area contributed by atoms with Crippen LogP contribution < -0.4 is 11.2 Å². The van der Waals surface area contributed by atoms with Crippen molar-refractivity contribution in [1.82, 2.24) is 18.7 Å². The molecule has 0 saturated heterocycles. The SMILES string of the molecule is Cn1c(=O)c2nc(Cl)n(CC(=O)c3ccc(Br)cc3)c2n(C)c1=O. The number of carbonyl (C=O) groups is 1. The van der Waals surface area contributed by atoms with E-state index in [-0.39, 0.29) is 28.8 Å². The normalized spacial score (nSPS) is 11.2. The Hall–Kier alpha value is -2.19. The maximum atomic E-state index is 12.5. The molecule has 0 spiro atoms. The third kappa shape index (κ3) is 2.61. The zero-order valence-corrected chi connectivity index (χ0v) is 15.1. The minimum absolute atomic E-state index is 0.0197. The number of hydrogen-bond donors (Lipinski definition) is 0. The van der Waals surface area contributed by atoms with Crippen molar-refractivity contribution in [2.75, 3.05) is 0 Å². The Morgan fingerprint density at radius 1 is 1.17 bits per heavy atom. The Bertz CT molecular complexity index is 1080. The maximum absolute atomic E-state index is 12.5. The quantitative estimate of drug-likeness (QED) is 0.486. The van der Waals surface area contributed by atoms with Crippen LogP contribution in [0.15, 0.2) is 38.3 Å². The number of Topliss-reactive ketones (excluding diaryl/α,β-unsaturated/α-hetero) is 1. The van der Waals surface area contributed by atoms with Crippen molar-refractivity contribution in [3.05, 3.63) is 60.4 Å². The number of nitrogens with zero attached hydrogens (tertiary/aromatic N) is 4. The Morgan fingerprint density at radius 3 is 2.42 bits per heavy atom. The molecule has 2 aromatic heterocycles. The van der Waals surface area contributed by atoms with Gasteiger partial charge >= 0.3 is 5.69 Å². The number of carbonyl (C=O) groups excluding carboxylic acids is 1. The Balaban J connectivity index is 2.15. The third-order valence-electron chi connectivity index (χ3n) is 3.76. The number of aromatic nitrogens is 4. The van der Waals surface area contributed by atoms with Crippen LogP contribution in [0.1, 0.15) is 10.4 Å². The number of benzene rings is 1. The number of halogens is 2. The fraction of sp³-hybridized carbons (Fsp3) is 0.200. The van der Waals surface area contributed by atoms with E-state index in [2.05, 4.69) is 20.9 Å². The zero-order valence-electron chi connectivity index (χ0n) is 12.8. The van der Waals surface area contributed by atoms with Gasteiger partial charge in [0.2, 0.25) is 5.28 Å². The molecule has 3 rings (SSSR count). The monoisotopic (exact) mass is 410 g/mol. The van der Waals surface area contributed by atoms with E-state index in [0.717, 1.165) is 9.04 Å². The fourth-order valence-corrected chi connectivity index (χ4v) is 2.96. The molecule has 0 bridgehead atoms. The van der Waals surface area contributed by atoms with Crippen molar-refractivity contribution >= 4 is 44.5 Å². The van der Waals surface area contributed by atoms with E-state index in [9.17, 15) is 14.4 Å². The number of ketones is 1. The van der Waals surface area contributed by atoms with E-state index in [1.165, 1.54) is 23.2 Å². The van der Waals surface area contributed by atoms with Gasteiger partial charge in [-0.1, -0.05) is 28.1 Å². The smallest absolute Gasteiger partial charge is 0.293 e. The van der Waals surface area contributed by atoms with Crippen molar-refractivity contribution in [3.63, 3.8) is 0 Å². The first-order valence-electron chi connectivity index (χ1n) is 6.91. The van der Waals surface area contributed by atoms with E-state index in [0.29, 0.717) is 5.56 Å². The fourth-order valence-electron chi connectivity index (χ4n) is 2.47. The molecule has 124 valence electrons. The largest absolute Gasteiger partial charge is 0.332 e. The van der Waals surface area contributed by atoms with Gasteiger partial charge in [0.25, 0.3) is 5.56 Å². The van der Waals surface area contributed by atoms with Gasteiger partial charge in [-0.05, 0) is 23.7 Å². The molecule has 0 amide bonds. The summed E-state index contributed by atoms with van der Waals surface area (Å²) in [5.74, 6) is -0.211. The number of fused-ring (bicyclic) bond motifs is 1. The van der Waals surface area contributed by atoms with Crippen LogP contribution in [-0.2, 0) is 20.6 Å².